The van der Waals surface area contributed by atoms with Gasteiger partial charge in [-0.15, -0.1) is 0 Å². The van der Waals surface area contributed by atoms with Crippen LogP contribution in [0.4, 0.5) is 17.6 Å². The third-order valence-corrected chi connectivity index (χ3v) is 7.67. The topological polar surface area (TPSA) is 58.6 Å². The molecule has 2 heterocycles. The Morgan fingerprint density at radius 2 is 1.74 bits per heavy atom. The molecule has 4 rings (SSSR count). The molecule has 5 nitrogen and oxygen atoms in total. The minimum absolute atomic E-state index is 0.0327. The lowest BCUT2D eigenvalue weighted by atomic mass is 9.62. The highest BCUT2D eigenvalue weighted by atomic mass is 19.4. The SMILES string of the molecule is CO[C@@](C(=O)N1CCC2(CC1)CC(=O)NCC2c1cccc(F)c1C)(c1ccccc1)C(F)(F)F. The van der Waals surface area contributed by atoms with Crippen LogP contribution in [-0.2, 0) is 19.9 Å². The van der Waals surface area contributed by atoms with E-state index in [4.69, 9.17) is 4.74 Å². The summed E-state index contributed by atoms with van der Waals surface area (Å²) < 4.78 is 62.4. The lowest BCUT2D eigenvalue weighted by molar-refractivity contribution is -0.271. The average molecular weight is 493 g/mol. The van der Waals surface area contributed by atoms with Crippen LogP contribution < -0.4 is 5.32 Å². The molecule has 2 fully saturated rings. The Hall–Kier alpha value is -2.94. The highest BCUT2D eigenvalue weighted by molar-refractivity contribution is 5.88. The molecule has 0 bridgehead atoms. The number of carbonyl (C=O) groups excluding carboxylic acids is 2. The van der Waals surface area contributed by atoms with E-state index >= 15 is 0 Å². The standard InChI is InChI=1S/C26H28F4N2O3/c1-17-19(9-6-10-21(17)27)20-16-31-22(33)15-24(20)11-13-32(14-12-24)23(34)25(35-2,26(28,29)30)18-7-4-3-5-8-18/h3-10,20H,11-16H2,1-2H3,(H,31,33)/t20?,25-/m1/s1. The maximum atomic E-state index is 14.4. The van der Waals surface area contributed by atoms with E-state index in [1.165, 1.54) is 35.2 Å². The maximum absolute atomic E-state index is 14.4. The number of nitrogens with zero attached hydrogens (tertiary/aromatic N) is 1. The van der Waals surface area contributed by atoms with Crippen molar-refractivity contribution in [3.63, 3.8) is 0 Å². The number of benzene rings is 2. The predicted molar refractivity (Wildman–Crippen MR) is 121 cm³/mol. The molecule has 0 radical (unpaired) electrons. The summed E-state index contributed by atoms with van der Waals surface area (Å²) in [5, 5.41) is 2.85. The fourth-order valence-electron chi connectivity index (χ4n) is 5.68. The van der Waals surface area contributed by atoms with Crippen LogP contribution in [0.1, 0.15) is 41.9 Å². The normalized spacial score (nSPS) is 21.9. The number of likely N-dealkylation sites (tertiary alicyclic amines) is 1. The van der Waals surface area contributed by atoms with Crippen molar-refractivity contribution in [2.24, 2.45) is 5.41 Å². The highest BCUT2D eigenvalue weighted by Gasteiger charge is 2.64. The summed E-state index contributed by atoms with van der Waals surface area (Å²) in [5.74, 6) is -1.88. The van der Waals surface area contributed by atoms with Gasteiger partial charge in [0.25, 0.3) is 11.5 Å². The van der Waals surface area contributed by atoms with Crippen LogP contribution in [0.15, 0.2) is 48.5 Å². The van der Waals surface area contributed by atoms with Gasteiger partial charge in [0.1, 0.15) is 5.82 Å². The van der Waals surface area contributed by atoms with Gasteiger partial charge in [-0.1, -0.05) is 42.5 Å². The van der Waals surface area contributed by atoms with Crippen molar-refractivity contribution in [1.82, 2.24) is 10.2 Å². The van der Waals surface area contributed by atoms with Crippen molar-refractivity contribution in [3.8, 4) is 0 Å². The summed E-state index contributed by atoms with van der Waals surface area (Å²) in [4.78, 5) is 27.0. The summed E-state index contributed by atoms with van der Waals surface area (Å²) >= 11 is 0. The quantitative estimate of drug-likeness (QED) is 0.642. The first kappa shape index (κ1) is 25.2. The number of methoxy groups -OCH3 is 1. The minimum atomic E-state index is -4.98. The molecule has 0 saturated carbocycles. The van der Waals surface area contributed by atoms with Crippen LogP contribution >= 0.6 is 0 Å². The van der Waals surface area contributed by atoms with Crippen LogP contribution in [0.25, 0.3) is 0 Å². The zero-order chi connectivity index (χ0) is 25.4. The van der Waals surface area contributed by atoms with Crippen LogP contribution in [-0.4, -0.2) is 49.6 Å². The van der Waals surface area contributed by atoms with E-state index in [1.54, 1.807) is 19.1 Å². The van der Waals surface area contributed by atoms with E-state index in [0.717, 1.165) is 12.7 Å². The number of hydrogen-bond acceptors (Lipinski definition) is 3. The average Bonchev–Trinajstić information content (AvgIpc) is 2.82. The number of carbonyl (C=O) groups is 2. The molecule has 1 unspecified atom stereocenters. The van der Waals surface area contributed by atoms with Gasteiger partial charge in [-0.05, 0) is 42.4 Å². The fraction of sp³-hybridized carbons (Fsp3) is 0.462. The van der Waals surface area contributed by atoms with Gasteiger partial charge in [0.2, 0.25) is 5.91 Å². The Balaban J connectivity index is 1.64. The number of nitrogens with one attached hydrogen (secondary N) is 1. The van der Waals surface area contributed by atoms with Gasteiger partial charge in [0.15, 0.2) is 0 Å². The lowest BCUT2D eigenvalue weighted by Crippen LogP contribution is -2.60. The van der Waals surface area contributed by atoms with Gasteiger partial charge < -0.3 is 15.0 Å². The molecule has 2 aromatic carbocycles. The van der Waals surface area contributed by atoms with E-state index in [2.05, 4.69) is 5.32 Å². The molecule has 2 amide bonds. The number of piperidine rings is 2. The van der Waals surface area contributed by atoms with Gasteiger partial charge in [-0.25, -0.2) is 4.39 Å². The molecule has 9 heteroatoms. The van der Waals surface area contributed by atoms with Crippen molar-refractivity contribution in [2.45, 2.75) is 43.9 Å². The fourth-order valence-corrected chi connectivity index (χ4v) is 5.68. The van der Waals surface area contributed by atoms with E-state index in [1.807, 2.05) is 6.07 Å². The summed E-state index contributed by atoms with van der Waals surface area (Å²) in [5.41, 5.74) is -2.73. The molecular formula is C26H28F4N2O3. The predicted octanol–water partition coefficient (Wildman–Crippen LogP) is 4.45. The summed E-state index contributed by atoms with van der Waals surface area (Å²) in [6, 6.07) is 11.7. The second kappa shape index (κ2) is 9.26. The van der Waals surface area contributed by atoms with Gasteiger partial charge in [0, 0.05) is 44.6 Å². The van der Waals surface area contributed by atoms with E-state index in [0.29, 0.717) is 24.9 Å². The Morgan fingerprint density at radius 1 is 1.09 bits per heavy atom. The number of ether oxygens (including phenoxy) is 1. The minimum Gasteiger partial charge on any atom is -0.356 e. The summed E-state index contributed by atoms with van der Waals surface area (Å²) in [6.07, 6.45) is -4.18. The highest BCUT2D eigenvalue weighted by Crippen LogP contribution is 2.51. The Kier molecular flexibility index (Phi) is 6.66. The molecule has 35 heavy (non-hydrogen) atoms. The first-order valence-electron chi connectivity index (χ1n) is 11.5. The van der Waals surface area contributed by atoms with Gasteiger partial charge in [-0.3, -0.25) is 9.59 Å². The van der Waals surface area contributed by atoms with Gasteiger partial charge in [-0.2, -0.15) is 13.2 Å². The molecule has 0 aromatic heterocycles. The molecule has 2 aliphatic heterocycles. The second-order valence-electron chi connectivity index (χ2n) is 9.39. The number of alkyl halides is 3. The molecule has 1 N–H and O–H groups in total. The van der Waals surface area contributed by atoms with Crippen LogP contribution in [0, 0.1) is 18.2 Å². The largest absolute Gasteiger partial charge is 0.430 e. The Morgan fingerprint density at radius 3 is 2.34 bits per heavy atom. The van der Waals surface area contributed by atoms with Crippen molar-refractivity contribution < 1.29 is 31.9 Å². The van der Waals surface area contributed by atoms with E-state index < -0.39 is 23.1 Å². The summed E-state index contributed by atoms with van der Waals surface area (Å²) in [7, 11) is 0.887. The number of hydrogen-bond donors (Lipinski definition) is 1. The van der Waals surface area contributed by atoms with Crippen molar-refractivity contribution in [3.05, 3.63) is 71.0 Å². The van der Waals surface area contributed by atoms with Gasteiger partial charge in [0.05, 0.1) is 0 Å². The molecule has 188 valence electrons. The molecule has 2 atom stereocenters. The van der Waals surface area contributed by atoms with Crippen molar-refractivity contribution in [1.29, 1.82) is 0 Å². The molecule has 2 aliphatic rings. The summed E-state index contributed by atoms with van der Waals surface area (Å²) in [6.45, 7) is 2.06. The zero-order valence-electron chi connectivity index (χ0n) is 19.6. The molecule has 0 aliphatic carbocycles. The maximum Gasteiger partial charge on any atom is 0.430 e. The number of halogens is 4. The van der Waals surface area contributed by atoms with Crippen LogP contribution in [0.3, 0.4) is 0 Å². The molecular weight excluding hydrogens is 464 g/mol. The van der Waals surface area contributed by atoms with Crippen molar-refractivity contribution >= 4 is 11.8 Å². The second-order valence-corrected chi connectivity index (χ2v) is 9.39. The Labute approximate surface area is 201 Å². The van der Waals surface area contributed by atoms with Crippen LogP contribution in [0.2, 0.25) is 0 Å². The first-order chi connectivity index (χ1) is 16.6. The molecule has 2 aromatic rings. The third-order valence-electron chi connectivity index (χ3n) is 7.67. The molecule has 2 saturated heterocycles. The smallest absolute Gasteiger partial charge is 0.356 e. The lowest BCUT2D eigenvalue weighted by Gasteiger charge is -2.50. The Bertz CT molecular complexity index is 1100. The van der Waals surface area contributed by atoms with Gasteiger partial charge >= 0.3 is 6.18 Å². The third kappa shape index (κ3) is 4.20. The number of amides is 2. The van der Waals surface area contributed by atoms with Crippen molar-refractivity contribution in [2.75, 3.05) is 26.7 Å². The van der Waals surface area contributed by atoms with E-state index in [9.17, 15) is 27.2 Å². The van der Waals surface area contributed by atoms with E-state index in [-0.39, 0.29) is 42.7 Å². The molecule has 1 spiro atoms. The zero-order valence-corrected chi connectivity index (χ0v) is 19.6. The first-order valence-corrected chi connectivity index (χ1v) is 11.5. The monoisotopic (exact) mass is 492 g/mol. The van der Waals surface area contributed by atoms with Crippen LogP contribution in [0.5, 0.6) is 0 Å². The number of rotatable bonds is 4.